The Bertz CT molecular complexity index is 518. The summed E-state index contributed by atoms with van der Waals surface area (Å²) in [5.74, 6) is -0.176. The zero-order valence-corrected chi connectivity index (χ0v) is 9.73. The summed E-state index contributed by atoms with van der Waals surface area (Å²) in [6.45, 7) is 2.40. The number of nitrogens with zero attached hydrogens (tertiary/aromatic N) is 1. The van der Waals surface area contributed by atoms with Crippen LogP contribution in [0.5, 0.6) is 0 Å². The van der Waals surface area contributed by atoms with E-state index < -0.39 is 0 Å². The molecule has 2 aromatic rings. The molecule has 2 aromatic carbocycles. The number of hydrogen-bond donors (Lipinski definition) is 0. The summed E-state index contributed by atoms with van der Waals surface area (Å²) in [7, 11) is 0. The Kier molecular flexibility index (Phi) is 3.66. The fourth-order valence-electron chi connectivity index (χ4n) is 1.59. The molecule has 0 spiro atoms. The van der Waals surface area contributed by atoms with E-state index in [-0.39, 0.29) is 5.82 Å². The van der Waals surface area contributed by atoms with Crippen molar-refractivity contribution in [2.24, 2.45) is 4.99 Å². The summed E-state index contributed by atoms with van der Waals surface area (Å²) < 4.78 is 13.0. The van der Waals surface area contributed by atoms with Gasteiger partial charge in [-0.25, -0.2) is 4.39 Å². The first-order valence-corrected chi connectivity index (χ1v) is 5.55. The molecule has 17 heavy (non-hydrogen) atoms. The van der Waals surface area contributed by atoms with Crippen molar-refractivity contribution >= 4 is 6.21 Å². The maximum atomic E-state index is 13.0. The van der Waals surface area contributed by atoms with Gasteiger partial charge in [-0.05, 0) is 35.7 Å². The molecule has 0 bridgehead atoms. The Labute approximate surface area is 101 Å². The van der Waals surface area contributed by atoms with Crippen LogP contribution in [0, 0.1) is 12.7 Å². The predicted molar refractivity (Wildman–Crippen MR) is 68.9 cm³/mol. The third-order valence-electron chi connectivity index (χ3n) is 2.54. The van der Waals surface area contributed by atoms with Crippen LogP contribution in [-0.2, 0) is 6.54 Å². The third-order valence-corrected chi connectivity index (χ3v) is 2.54. The normalized spacial score (nSPS) is 10.9. The molecular weight excluding hydrogens is 213 g/mol. The highest BCUT2D eigenvalue weighted by atomic mass is 19.1. The fraction of sp³-hybridized carbons (Fsp3) is 0.133. The molecule has 0 atom stereocenters. The molecule has 1 nitrogen and oxygen atoms in total. The lowest BCUT2D eigenvalue weighted by atomic mass is 10.1. The minimum Gasteiger partial charge on any atom is -0.288 e. The van der Waals surface area contributed by atoms with Crippen LogP contribution >= 0.6 is 0 Å². The molecule has 0 aliphatic rings. The van der Waals surface area contributed by atoms with Gasteiger partial charge in [0.2, 0.25) is 0 Å². The highest BCUT2D eigenvalue weighted by Gasteiger charge is 1.96. The van der Waals surface area contributed by atoms with Gasteiger partial charge in [0, 0.05) is 6.21 Å². The molecule has 0 aliphatic carbocycles. The number of hydrogen-bond acceptors (Lipinski definition) is 1. The van der Waals surface area contributed by atoms with Crippen LogP contribution in [0.2, 0.25) is 0 Å². The van der Waals surface area contributed by atoms with Crippen LogP contribution in [0.4, 0.5) is 4.39 Å². The maximum absolute atomic E-state index is 13.0. The minimum absolute atomic E-state index is 0.176. The number of rotatable bonds is 3. The molecule has 0 amide bonds. The van der Waals surface area contributed by atoms with Gasteiger partial charge in [-0.15, -0.1) is 0 Å². The summed E-state index contributed by atoms with van der Waals surface area (Å²) in [6.07, 6.45) is 1.78. The number of aryl methyl sites for hydroxylation is 1. The van der Waals surface area contributed by atoms with Gasteiger partial charge in [0.25, 0.3) is 0 Å². The van der Waals surface area contributed by atoms with Crippen molar-refractivity contribution in [3.05, 3.63) is 71.0 Å². The Morgan fingerprint density at radius 3 is 2.59 bits per heavy atom. The van der Waals surface area contributed by atoms with Crippen molar-refractivity contribution in [2.45, 2.75) is 13.5 Å². The van der Waals surface area contributed by atoms with E-state index in [0.29, 0.717) is 12.1 Å². The second-order valence-electron chi connectivity index (χ2n) is 3.96. The van der Waals surface area contributed by atoms with Crippen molar-refractivity contribution in [3.63, 3.8) is 0 Å². The Hall–Kier alpha value is -1.96. The average Bonchev–Trinajstić information content (AvgIpc) is 2.35. The molecular formula is C15H14FN. The van der Waals surface area contributed by atoms with Crippen molar-refractivity contribution in [1.29, 1.82) is 0 Å². The molecule has 2 rings (SSSR count). The van der Waals surface area contributed by atoms with Gasteiger partial charge < -0.3 is 0 Å². The first-order valence-electron chi connectivity index (χ1n) is 5.55. The summed E-state index contributed by atoms with van der Waals surface area (Å²) in [5, 5.41) is 0. The van der Waals surface area contributed by atoms with E-state index in [1.54, 1.807) is 25.3 Å². The van der Waals surface area contributed by atoms with Gasteiger partial charge in [-0.2, -0.15) is 0 Å². The molecule has 0 saturated carbocycles. The zero-order chi connectivity index (χ0) is 12.1. The van der Waals surface area contributed by atoms with E-state index in [2.05, 4.69) is 4.99 Å². The Morgan fingerprint density at radius 1 is 1.12 bits per heavy atom. The lowest BCUT2D eigenvalue weighted by molar-refractivity contribution is 0.618. The van der Waals surface area contributed by atoms with Crippen molar-refractivity contribution in [2.75, 3.05) is 0 Å². The molecule has 0 N–H and O–H groups in total. The van der Waals surface area contributed by atoms with E-state index >= 15 is 0 Å². The quantitative estimate of drug-likeness (QED) is 0.708. The van der Waals surface area contributed by atoms with E-state index in [0.717, 1.165) is 5.56 Å². The predicted octanol–water partition coefficient (Wildman–Crippen LogP) is 3.75. The van der Waals surface area contributed by atoms with Crippen LogP contribution in [0.25, 0.3) is 0 Å². The largest absolute Gasteiger partial charge is 0.288 e. The highest BCUT2D eigenvalue weighted by molar-refractivity contribution is 5.79. The second-order valence-corrected chi connectivity index (χ2v) is 3.96. The van der Waals surface area contributed by atoms with Crippen LogP contribution < -0.4 is 0 Å². The van der Waals surface area contributed by atoms with Crippen LogP contribution in [0.15, 0.2) is 53.5 Å². The van der Waals surface area contributed by atoms with Gasteiger partial charge in [0.15, 0.2) is 0 Å². The Balaban J connectivity index is 2.03. The maximum Gasteiger partial charge on any atom is 0.126 e. The van der Waals surface area contributed by atoms with E-state index in [4.69, 9.17) is 0 Å². The molecule has 0 fully saturated rings. The van der Waals surface area contributed by atoms with Gasteiger partial charge in [0.1, 0.15) is 5.82 Å². The summed E-state index contributed by atoms with van der Waals surface area (Å²) in [6, 6.07) is 15.0. The molecule has 0 aliphatic heterocycles. The monoisotopic (exact) mass is 227 g/mol. The molecule has 0 heterocycles. The van der Waals surface area contributed by atoms with Gasteiger partial charge >= 0.3 is 0 Å². The molecule has 0 saturated heterocycles. The van der Waals surface area contributed by atoms with E-state index in [1.807, 2.05) is 30.3 Å². The molecule has 0 radical (unpaired) electrons. The topological polar surface area (TPSA) is 12.4 Å². The van der Waals surface area contributed by atoms with Crippen LogP contribution in [0.1, 0.15) is 16.7 Å². The number of aliphatic imine (C=N–C) groups is 1. The van der Waals surface area contributed by atoms with E-state index in [9.17, 15) is 4.39 Å². The second kappa shape index (κ2) is 5.39. The SMILES string of the molecule is Cc1cc(C=NCc2ccccc2)ccc1F. The van der Waals surface area contributed by atoms with E-state index in [1.165, 1.54) is 11.6 Å². The molecule has 0 unspecified atom stereocenters. The first-order chi connectivity index (χ1) is 8.25. The van der Waals surface area contributed by atoms with Crippen LogP contribution in [0.3, 0.4) is 0 Å². The van der Waals surface area contributed by atoms with Crippen LogP contribution in [-0.4, -0.2) is 6.21 Å². The molecule has 0 aromatic heterocycles. The lowest BCUT2D eigenvalue weighted by Gasteiger charge is -1.98. The van der Waals surface area contributed by atoms with Gasteiger partial charge in [0.05, 0.1) is 6.54 Å². The Morgan fingerprint density at radius 2 is 1.88 bits per heavy atom. The van der Waals surface area contributed by atoms with Gasteiger partial charge in [-0.3, -0.25) is 4.99 Å². The fourth-order valence-corrected chi connectivity index (χ4v) is 1.59. The van der Waals surface area contributed by atoms with Crippen molar-refractivity contribution < 1.29 is 4.39 Å². The van der Waals surface area contributed by atoms with Crippen molar-refractivity contribution in [1.82, 2.24) is 0 Å². The minimum atomic E-state index is -0.176. The smallest absolute Gasteiger partial charge is 0.126 e. The lowest BCUT2D eigenvalue weighted by Crippen LogP contribution is -1.88. The number of benzene rings is 2. The summed E-state index contributed by atoms with van der Waals surface area (Å²) in [5.41, 5.74) is 2.75. The average molecular weight is 227 g/mol. The zero-order valence-electron chi connectivity index (χ0n) is 9.73. The first kappa shape index (κ1) is 11.5. The molecule has 86 valence electrons. The number of halogens is 1. The van der Waals surface area contributed by atoms with Crippen molar-refractivity contribution in [3.8, 4) is 0 Å². The third kappa shape index (κ3) is 3.25. The standard InChI is InChI=1S/C15H14FN/c1-12-9-14(7-8-15(12)16)11-17-10-13-5-3-2-4-6-13/h2-9,11H,10H2,1H3. The molecule has 2 heteroatoms. The summed E-state index contributed by atoms with van der Waals surface area (Å²) in [4.78, 5) is 4.34. The summed E-state index contributed by atoms with van der Waals surface area (Å²) >= 11 is 0. The highest BCUT2D eigenvalue weighted by Crippen LogP contribution is 2.08. The van der Waals surface area contributed by atoms with Gasteiger partial charge in [-0.1, -0.05) is 36.4 Å².